The summed E-state index contributed by atoms with van der Waals surface area (Å²) in [6, 6.07) is 7.85. The van der Waals surface area contributed by atoms with Crippen molar-refractivity contribution >= 4 is 37.0 Å². The first kappa shape index (κ1) is 16.2. The first-order chi connectivity index (χ1) is 7.67. The zero-order valence-electron chi connectivity index (χ0n) is 9.89. The molecule has 0 aliphatic carbocycles. The minimum Gasteiger partial charge on any atom is -0.329 e. The molecule has 0 bridgehead atoms. The van der Waals surface area contributed by atoms with Crippen molar-refractivity contribution in [2.24, 2.45) is 5.73 Å². The van der Waals surface area contributed by atoms with Gasteiger partial charge < -0.3 is 5.73 Å². The molecule has 0 aromatic heterocycles. The molecular formula is C12H21NS3. The average molecular weight is 276 g/mol. The normalized spacial score (nSPS) is 11.6. The van der Waals surface area contributed by atoms with Crippen LogP contribution < -0.4 is 5.73 Å². The largest absolute Gasteiger partial charge is 0.329 e. The molecule has 0 heterocycles. The fourth-order valence-corrected chi connectivity index (χ4v) is 2.15. The minimum absolute atomic E-state index is 0.101. The quantitative estimate of drug-likeness (QED) is 0.731. The van der Waals surface area contributed by atoms with Crippen LogP contribution in [0.25, 0.3) is 0 Å². The summed E-state index contributed by atoms with van der Waals surface area (Å²) in [6.07, 6.45) is 3.44. The van der Waals surface area contributed by atoms with Crippen molar-refractivity contribution in [3.63, 3.8) is 0 Å². The van der Waals surface area contributed by atoms with Gasteiger partial charge in [-0.3, -0.25) is 0 Å². The van der Waals surface area contributed by atoms with Gasteiger partial charge in [0.05, 0.1) is 0 Å². The summed E-state index contributed by atoms with van der Waals surface area (Å²) >= 11 is 10.5. The van der Waals surface area contributed by atoms with Crippen molar-refractivity contribution in [2.45, 2.75) is 23.5 Å². The van der Waals surface area contributed by atoms with E-state index < -0.39 is 0 Å². The minimum atomic E-state index is 0.101. The van der Waals surface area contributed by atoms with Crippen molar-refractivity contribution < 1.29 is 0 Å². The number of nitrogens with two attached hydrogens (primary N) is 1. The summed E-state index contributed by atoms with van der Waals surface area (Å²) in [5.74, 6) is 1.31. The molecule has 0 fully saturated rings. The Morgan fingerprint density at radius 1 is 1.38 bits per heavy atom. The van der Waals surface area contributed by atoms with Crippen LogP contribution in [0.4, 0.5) is 0 Å². The second kappa shape index (κ2) is 10.4. The summed E-state index contributed by atoms with van der Waals surface area (Å²) < 4.78 is 0. The van der Waals surface area contributed by atoms with Gasteiger partial charge in [0.25, 0.3) is 0 Å². The Kier molecular flexibility index (Phi) is 10.5. The Morgan fingerprint density at radius 2 is 2.00 bits per heavy atom. The maximum Gasteiger partial charge on any atom is 0.0400 e. The van der Waals surface area contributed by atoms with Crippen molar-refractivity contribution in [2.75, 3.05) is 18.6 Å². The first-order valence-corrected chi connectivity index (χ1v) is 7.68. The Bertz CT molecular complexity index is 277. The molecule has 16 heavy (non-hydrogen) atoms. The molecule has 4 heteroatoms. The molecule has 0 radical (unpaired) electrons. The molecule has 0 saturated carbocycles. The van der Waals surface area contributed by atoms with E-state index in [9.17, 15) is 0 Å². The Labute approximate surface area is 114 Å². The molecule has 1 atom stereocenters. The average Bonchev–Trinajstić information content (AvgIpc) is 2.31. The molecule has 1 unspecified atom stereocenters. The van der Waals surface area contributed by atoms with Crippen LogP contribution in [-0.4, -0.2) is 18.6 Å². The predicted molar refractivity (Wildman–Crippen MR) is 83.1 cm³/mol. The second-order valence-electron chi connectivity index (χ2n) is 3.30. The SMILES string of the molecule is CCCSC.NCC(S)c1ccccc1S. The van der Waals surface area contributed by atoms with E-state index in [-0.39, 0.29) is 5.25 Å². The number of hydrogen-bond acceptors (Lipinski definition) is 4. The van der Waals surface area contributed by atoms with Gasteiger partial charge in [0.2, 0.25) is 0 Å². The van der Waals surface area contributed by atoms with Gasteiger partial charge in [0, 0.05) is 16.7 Å². The molecule has 1 aromatic rings. The molecule has 1 aromatic carbocycles. The number of rotatable bonds is 4. The molecule has 0 spiro atoms. The number of thiol groups is 2. The third-order valence-electron chi connectivity index (χ3n) is 1.93. The Morgan fingerprint density at radius 3 is 2.38 bits per heavy atom. The zero-order valence-corrected chi connectivity index (χ0v) is 12.5. The standard InChI is InChI=1S/C8H11NS2.C4H10S/c9-5-8(11)6-3-1-2-4-7(6)10;1-3-4-5-2/h1-4,8,10-11H,5,9H2;3-4H2,1-2H3. The summed E-state index contributed by atoms with van der Waals surface area (Å²) in [6.45, 7) is 2.73. The summed E-state index contributed by atoms with van der Waals surface area (Å²) in [7, 11) is 0. The molecule has 2 N–H and O–H groups in total. The van der Waals surface area contributed by atoms with Crippen LogP contribution in [0, 0.1) is 0 Å². The highest BCUT2D eigenvalue weighted by Crippen LogP contribution is 2.24. The maximum absolute atomic E-state index is 5.46. The molecule has 0 aliphatic heterocycles. The number of hydrogen-bond donors (Lipinski definition) is 3. The highest BCUT2D eigenvalue weighted by Gasteiger charge is 2.05. The topological polar surface area (TPSA) is 26.0 Å². The summed E-state index contributed by atoms with van der Waals surface area (Å²) in [5.41, 5.74) is 6.56. The van der Waals surface area contributed by atoms with E-state index in [1.54, 1.807) is 0 Å². The van der Waals surface area contributed by atoms with Crippen LogP contribution in [0.5, 0.6) is 0 Å². The lowest BCUT2D eigenvalue weighted by Crippen LogP contribution is -2.07. The van der Waals surface area contributed by atoms with Crippen LogP contribution >= 0.6 is 37.0 Å². The smallest absolute Gasteiger partial charge is 0.0400 e. The van der Waals surface area contributed by atoms with Crippen molar-refractivity contribution in [1.29, 1.82) is 0 Å². The van der Waals surface area contributed by atoms with E-state index in [2.05, 4.69) is 38.4 Å². The van der Waals surface area contributed by atoms with E-state index in [0.717, 1.165) is 10.5 Å². The number of thioether (sulfide) groups is 1. The van der Waals surface area contributed by atoms with Gasteiger partial charge in [-0.25, -0.2) is 0 Å². The van der Waals surface area contributed by atoms with Gasteiger partial charge in [-0.15, -0.1) is 12.6 Å². The highest BCUT2D eigenvalue weighted by molar-refractivity contribution is 7.98. The zero-order chi connectivity index (χ0) is 12.4. The van der Waals surface area contributed by atoms with Crippen molar-refractivity contribution in [1.82, 2.24) is 0 Å². The van der Waals surface area contributed by atoms with Crippen molar-refractivity contribution in [3.05, 3.63) is 29.8 Å². The summed E-state index contributed by atoms with van der Waals surface area (Å²) in [4.78, 5) is 0.956. The molecule has 92 valence electrons. The van der Waals surface area contributed by atoms with Crippen LogP contribution in [0.1, 0.15) is 24.2 Å². The fraction of sp³-hybridized carbons (Fsp3) is 0.500. The highest BCUT2D eigenvalue weighted by atomic mass is 32.2. The van der Waals surface area contributed by atoms with Crippen LogP contribution in [0.3, 0.4) is 0 Å². The lowest BCUT2D eigenvalue weighted by Gasteiger charge is -2.09. The first-order valence-electron chi connectivity index (χ1n) is 5.32. The molecule has 1 nitrogen and oxygen atoms in total. The molecule has 0 aliphatic rings. The Hall–Kier alpha value is 0.230. The van der Waals surface area contributed by atoms with Gasteiger partial charge in [0.15, 0.2) is 0 Å². The van der Waals surface area contributed by atoms with Gasteiger partial charge in [-0.1, -0.05) is 25.1 Å². The van der Waals surface area contributed by atoms with E-state index >= 15 is 0 Å². The fourth-order valence-electron chi connectivity index (χ4n) is 1.10. The van der Waals surface area contributed by atoms with Gasteiger partial charge in [0.1, 0.15) is 0 Å². The predicted octanol–water partition coefficient (Wildman–Crippen LogP) is 3.66. The molecule has 0 saturated heterocycles. The summed E-state index contributed by atoms with van der Waals surface area (Å²) in [5, 5.41) is 0.101. The van der Waals surface area contributed by atoms with Gasteiger partial charge in [-0.05, 0) is 30.1 Å². The molecule has 0 amide bonds. The van der Waals surface area contributed by atoms with E-state index in [4.69, 9.17) is 5.73 Å². The van der Waals surface area contributed by atoms with E-state index in [0.29, 0.717) is 6.54 Å². The molecular weight excluding hydrogens is 254 g/mol. The third-order valence-corrected chi connectivity index (χ3v) is 3.64. The van der Waals surface area contributed by atoms with Crippen LogP contribution in [-0.2, 0) is 0 Å². The van der Waals surface area contributed by atoms with Crippen molar-refractivity contribution in [3.8, 4) is 0 Å². The second-order valence-corrected chi connectivity index (χ2v) is 5.39. The monoisotopic (exact) mass is 275 g/mol. The van der Waals surface area contributed by atoms with E-state index in [1.165, 1.54) is 12.2 Å². The Balaban J connectivity index is 0.000000385. The van der Waals surface area contributed by atoms with Crippen LogP contribution in [0.2, 0.25) is 0 Å². The van der Waals surface area contributed by atoms with Crippen LogP contribution in [0.15, 0.2) is 29.2 Å². The number of benzene rings is 1. The van der Waals surface area contributed by atoms with Gasteiger partial charge >= 0.3 is 0 Å². The van der Waals surface area contributed by atoms with Gasteiger partial charge in [-0.2, -0.15) is 24.4 Å². The van der Waals surface area contributed by atoms with E-state index in [1.807, 2.05) is 36.0 Å². The molecule has 1 rings (SSSR count). The lowest BCUT2D eigenvalue weighted by atomic mass is 10.1. The third kappa shape index (κ3) is 6.74. The maximum atomic E-state index is 5.46. The lowest BCUT2D eigenvalue weighted by molar-refractivity contribution is 0.927.